The Labute approximate surface area is 137 Å². The zero-order valence-corrected chi connectivity index (χ0v) is 14.3. The van der Waals surface area contributed by atoms with Gasteiger partial charge in [-0.15, -0.1) is 23.4 Å². The summed E-state index contributed by atoms with van der Waals surface area (Å²) < 4.78 is 0. The Bertz CT molecular complexity index is 643. The van der Waals surface area contributed by atoms with Crippen molar-refractivity contribution >= 4 is 35.1 Å². The molecule has 21 heavy (non-hydrogen) atoms. The molecule has 1 heterocycles. The second-order valence-corrected chi connectivity index (χ2v) is 7.44. The molecule has 2 rings (SSSR count). The van der Waals surface area contributed by atoms with Gasteiger partial charge in [0, 0.05) is 28.2 Å². The van der Waals surface area contributed by atoms with E-state index in [0.29, 0.717) is 10.9 Å². The maximum Gasteiger partial charge on any atom is 0.251 e. The zero-order valence-electron chi connectivity index (χ0n) is 11.9. The minimum absolute atomic E-state index is 0.0205. The third-order valence-electron chi connectivity index (χ3n) is 2.70. The normalized spacial score (nSPS) is 12.3. The number of nitrogens with zero attached hydrogens (tertiary/aromatic N) is 1. The van der Waals surface area contributed by atoms with Crippen LogP contribution in [0.2, 0.25) is 0 Å². The second-order valence-electron chi connectivity index (χ2n) is 4.72. The zero-order chi connectivity index (χ0) is 15.2. The van der Waals surface area contributed by atoms with Gasteiger partial charge in [0.25, 0.3) is 5.56 Å². The number of alkyl halides is 1. The van der Waals surface area contributed by atoms with Crippen molar-refractivity contribution in [3.05, 3.63) is 51.9 Å². The number of halogens is 1. The van der Waals surface area contributed by atoms with Gasteiger partial charge in [-0.05, 0) is 26.0 Å². The van der Waals surface area contributed by atoms with Crippen LogP contribution in [-0.4, -0.2) is 26.9 Å². The molecule has 0 saturated carbocycles. The standard InChI is InChI=1S/C15H17ClN2OS2/c1-10-3-5-13(6-4-10)20-8-12(16)9-21-15-17-11(2)7-14(19)18-15/h3-7,12H,8-9H2,1-2H3,(H,17,18,19)/t12-/m1/s1. The average molecular weight is 341 g/mol. The number of aromatic amines is 1. The number of hydrogen-bond acceptors (Lipinski definition) is 4. The Balaban J connectivity index is 1.80. The minimum atomic E-state index is -0.120. The van der Waals surface area contributed by atoms with Crippen LogP contribution in [0.1, 0.15) is 11.3 Å². The van der Waals surface area contributed by atoms with E-state index in [9.17, 15) is 4.79 Å². The number of H-pyrrole nitrogens is 1. The summed E-state index contributed by atoms with van der Waals surface area (Å²) in [4.78, 5) is 19.6. The SMILES string of the molecule is Cc1ccc(SC[C@@H](Cl)CSc2nc(C)cc(=O)[nH]2)cc1. The summed E-state index contributed by atoms with van der Waals surface area (Å²) in [6.07, 6.45) is 0. The van der Waals surface area contributed by atoms with Crippen molar-refractivity contribution < 1.29 is 0 Å². The number of rotatable bonds is 6. The van der Waals surface area contributed by atoms with Crippen LogP contribution in [0.5, 0.6) is 0 Å². The molecule has 0 radical (unpaired) electrons. The van der Waals surface area contributed by atoms with Crippen molar-refractivity contribution in [3.63, 3.8) is 0 Å². The van der Waals surface area contributed by atoms with Gasteiger partial charge in [-0.25, -0.2) is 4.98 Å². The predicted molar refractivity (Wildman–Crippen MR) is 91.9 cm³/mol. The summed E-state index contributed by atoms with van der Waals surface area (Å²) in [6.45, 7) is 3.88. The first kappa shape index (κ1) is 16.5. The molecular weight excluding hydrogens is 324 g/mol. The van der Waals surface area contributed by atoms with E-state index in [1.807, 2.05) is 6.92 Å². The fraction of sp³-hybridized carbons (Fsp3) is 0.333. The van der Waals surface area contributed by atoms with Crippen molar-refractivity contribution in [1.82, 2.24) is 9.97 Å². The molecular formula is C15H17ClN2OS2. The number of benzene rings is 1. The first-order valence-electron chi connectivity index (χ1n) is 6.57. The van der Waals surface area contributed by atoms with Crippen molar-refractivity contribution in [2.24, 2.45) is 0 Å². The van der Waals surface area contributed by atoms with E-state index in [2.05, 4.69) is 41.2 Å². The van der Waals surface area contributed by atoms with Gasteiger partial charge in [-0.1, -0.05) is 29.5 Å². The molecule has 1 atom stereocenters. The highest BCUT2D eigenvalue weighted by atomic mass is 35.5. The fourth-order valence-corrected chi connectivity index (χ4v) is 3.84. The molecule has 0 aliphatic heterocycles. The minimum Gasteiger partial charge on any atom is -0.301 e. The van der Waals surface area contributed by atoms with E-state index >= 15 is 0 Å². The molecule has 0 unspecified atom stereocenters. The molecule has 3 nitrogen and oxygen atoms in total. The third-order valence-corrected chi connectivity index (χ3v) is 5.59. The largest absolute Gasteiger partial charge is 0.301 e. The van der Waals surface area contributed by atoms with Crippen LogP contribution < -0.4 is 5.56 Å². The van der Waals surface area contributed by atoms with Gasteiger partial charge in [-0.3, -0.25) is 4.79 Å². The predicted octanol–water partition coefficient (Wildman–Crippen LogP) is 3.88. The highest BCUT2D eigenvalue weighted by Gasteiger charge is 2.08. The van der Waals surface area contributed by atoms with Gasteiger partial charge in [-0.2, -0.15) is 0 Å². The van der Waals surface area contributed by atoms with Crippen LogP contribution >= 0.6 is 35.1 Å². The van der Waals surface area contributed by atoms with Crippen molar-refractivity contribution in [3.8, 4) is 0 Å². The van der Waals surface area contributed by atoms with E-state index < -0.39 is 0 Å². The molecule has 2 aromatic rings. The first-order valence-corrected chi connectivity index (χ1v) is 8.98. The summed E-state index contributed by atoms with van der Waals surface area (Å²) in [5.41, 5.74) is 1.86. The van der Waals surface area contributed by atoms with Crippen LogP contribution in [0.4, 0.5) is 0 Å². The molecule has 1 aromatic carbocycles. The Kier molecular flexibility index (Phi) is 6.21. The van der Waals surface area contributed by atoms with E-state index in [4.69, 9.17) is 11.6 Å². The lowest BCUT2D eigenvalue weighted by molar-refractivity contribution is 0.903. The lowest BCUT2D eigenvalue weighted by atomic mass is 10.2. The molecule has 0 bridgehead atoms. The number of thioether (sulfide) groups is 2. The number of hydrogen-bond donors (Lipinski definition) is 1. The highest BCUT2D eigenvalue weighted by Crippen LogP contribution is 2.23. The molecule has 1 N–H and O–H groups in total. The fourth-order valence-electron chi connectivity index (χ4n) is 1.66. The Morgan fingerprint density at radius 1 is 1.19 bits per heavy atom. The molecule has 0 aliphatic rings. The summed E-state index contributed by atoms with van der Waals surface area (Å²) in [7, 11) is 0. The Hall–Kier alpha value is -0.910. The average Bonchev–Trinajstić information content (AvgIpc) is 2.43. The van der Waals surface area contributed by atoms with Crippen molar-refractivity contribution in [2.45, 2.75) is 29.3 Å². The molecule has 0 aliphatic carbocycles. The van der Waals surface area contributed by atoms with Crippen LogP contribution in [0.3, 0.4) is 0 Å². The van der Waals surface area contributed by atoms with Gasteiger partial charge < -0.3 is 4.98 Å². The molecule has 0 saturated heterocycles. The van der Waals surface area contributed by atoms with E-state index in [1.165, 1.54) is 28.3 Å². The second kappa shape index (κ2) is 7.92. The van der Waals surface area contributed by atoms with Crippen molar-refractivity contribution in [1.29, 1.82) is 0 Å². The van der Waals surface area contributed by atoms with Gasteiger partial charge in [0.2, 0.25) is 0 Å². The molecule has 0 spiro atoms. The van der Waals surface area contributed by atoms with Gasteiger partial charge in [0.1, 0.15) is 0 Å². The first-order chi connectivity index (χ1) is 10.0. The Morgan fingerprint density at radius 3 is 2.52 bits per heavy atom. The monoisotopic (exact) mass is 340 g/mol. The number of nitrogens with one attached hydrogen (secondary N) is 1. The molecule has 6 heteroatoms. The van der Waals surface area contributed by atoms with Crippen LogP contribution in [0.25, 0.3) is 0 Å². The van der Waals surface area contributed by atoms with Crippen LogP contribution in [-0.2, 0) is 0 Å². The summed E-state index contributed by atoms with van der Waals surface area (Å²) >= 11 is 9.55. The number of aryl methyl sites for hydroxylation is 2. The van der Waals surface area contributed by atoms with E-state index in [0.717, 1.165) is 11.4 Å². The number of aromatic nitrogens is 2. The maximum absolute atomic E-state index is 11.3. The van der Waals surface area contributed by atoms with Crippen LogP contribution in [0, 0.1) is 13.8 Å². The molecule has 112 valence electrons. The van der Waals surface area contributed by atoms with Crippen molar-refractivity contribution in [2.75, 3.05) is 11.5 Å². The molecule has 1 aromatic heterocycles. The van der Waals surface area contributed by atoms with Gasteiger partial charge in [0.15, 0.2) is 5.16 Å². The lowest BCUT2D eigenvalue weighted by Crippen LogP contribution is -2.11. The maximum atomic E-state index is 11.3. The molecule has 0 fully saturated rings. The van der Waals surface area contributed by atoms with Crippen LogP contribution in [0.15, 0.2) is 45.2 Å². The lowest BCUT2D eigenvalue weighted by Gasteiger charge is -2.09. The van der Waals surface area contributed by atoms with E-state index in [1.54, 1.807) is 11.8 Å². The third kappa shape index (κ3) is 5.77. The van der Waals surface area contributed by atoms with Gasteiger partial charge >= 0.3 is 0 Å². The topological polar surface area (TPSA) is 45.8 Å². The summed E-state index contributed by atoms with van der Waals surface area (Å²) in [6, 6.07) is 9.89. The summed E-state index contributed by atoms with van der Waals surface area (Å²) in [5, 5.41) is 0.651. The summed E-state index contributed by atoms with van der Waals surface area (Å²) in [5.74, 6) is 1.54. The smallest absolute Gasteiger partial charge is 0.251 e. The highest BCUT2D eigenvalue weighted by molar-refractivity contribution is 8.00. The quantitative estimate of drug-likeness (QED) is 0.492. The molecule has 0 amide bonds. The van der Waals surface area contributed by atoms with E-state index in [-0.39, 0.29) is 10.9 Å². The Morgan fingerprint density at radius 2 is 1.86 bits per heavy atom. The van der Waals surface area contributed by atoms with Gasteiger partial charge in [0.05, 0.1) is 5.38 Å².